The first-order valence-electron chi connectivity index (χ1n) is 29.4. The summed E-state index contributed by atoms with van der Waals surface area (Å²) in [7, 11) is 1.64. The van der Waals surface area contributed by atoms with Gasteiger partial charge in [0.05, 0.1) is 39.9 Å². The number of phosphoric ester groups is 1. The van der Waals surface area contributed by atoms with Crippen LogP contribution in [0.2, 0.25) is 0 Å². The Morgan fingerprint density at radius 1 is 0.455 bits per heavy atom. The molecule has 396 valence electrons. The van der Waals surface area contributed by atoms with Gasteiger partial charge in [0, 0.05) is 6.42 Å². The minimum absolute atomic E-state index is 0.0791. The number of unbranched alkanes of at least 4 members (excludes halogenated alkanes) is 42. The third kappa shape index (κ3) is 51.4. The highest BCUT2D eigenvalue weighted by atomic mass is 31.2. The summed E-state index contributed by atoms with van der Waals surface area (Å²) in [6.45, 7) is 4.94. The molecule has 3 atom stereocenters. The van der Waals surface area contributed by atoms with Crippen LogP contribution in [0.3, 0.4) is 0 Å². The lowest BCUT2D eigenvalue weighted by Crippen LogP contribution is -2.46. The molecular weight excluding hydrogens is 840 g/mol. The zero-order chi connectivity index (χ0) is 48.5. The standard InChI is InChI=1S/C57H117N2O6P/c1-6-8-10-12-14-16-18-20-22-24-25-26-27-28-29-30-31-32-33-34-35-37-39-41-43-45-47-49-51-57(61)58-55(54-65-66(62,63)64-53-52-59(3,4)5)56(60)50-48-46-44-42-40-38-36-23-21-19-17-15-13-11-9-7-2/h55-56,60H,6-54H2,1-5H3,(H-,58,61,62,63)/p+1. The largest absolute Gasteiger partial charge is 0.472 e. The summed E-state index contributed by atoms with van der Waals surface area (Å²) >= 11 is 0. The predicted octanol–water partition coefficient (Wildman–Crippen LogP) is 17.7. The number of carbonyl (C=O) groups excluding carboxylic acids is 1. The summed E-state index contributed by atoms with van der Waals surface area (Å²) < 4.78 is 23.8. The van der Waals surface area contributed by atoms with Gasteiger partial charge in [-0.2, -0.15) is 0 Å². The molecule has 0 rings (SSSR count). The highest BCUT2D eigenvalue weighted by Crippen LogP contribution is 2.43. The first kappa shape index (κ1) is 65.5. The summed E-state index contributed by atoms with van der Waals surface area (Å²) in [4.78, 5) is 23.3. The number of quaternary nitrogens is 1. The number of hydrogen-bond donors (Lipinski definition) is 3. The van der Waals surface area contributed by atoms with Crippen molar-refractivity contribution in [2.45, 2.75) is 321 Å². The number of likely N-dealkylation sites (N-methyl/N-ethyl adjacent to an activating group) is 1. The van der Waals surface area contributed by atoms with E-state index in [1.54, 1.807) is 0 Å². The SMILES string of the molecule is CCCCCCCCCCCCCCCCCCCCCCCCCCCCCCC(=O)NC(COP(=O)(O)OCC[N+](C)(C)C)C(O)CCCCCCCCCCCCCCCCCC. The third-order valence-electron chi connectivity index (χ3n) is 13.9. The van der Waals surface area contributed by atoms with E-state index in [0.717, 1.165) is 38.5 Å². The summed E-state index contributed by atoms with van der Waals surface area (Å²) in [5.74, 6) is -0.136. The Balaban J connectivity index is 4.04. The molecule has 8 nitrogen and oxygen atoms in total. The topological polar surface area (TPSA) is 105 Å². The Bertz CT molecular complexity index is 1040. The van der Waals surface area contributed by atoms with Gasteiger partial charge in [0.2, 0.25) is 5.91 Å². The van der Waals surface area contributed by atoms with Gasteiger partial charge in [-0.25, -0.2) is 4.57 Å². The molecule has 0 heterocycles. The van der Waals surface area contributed by atoms with E-state index in [0.29, 0.717) is 23.9 Å². The van der Waals surface area contributed by atoms with E-state index in [-0.39, 0.29) is 19.1 Å². The van der Waals surface area contributed by atoms with Gasteiger partial charge in [-0.15, -0.1) is 0 Å². The number of nitrogens with zero attached hydrogens (tertiary/aromatic N) is 1. The molecule has 0 saturated heterocycles. The van der Waals surface area contributed by atoms with E-state index in [1.165, 1.54) is 244 Å². The van der Waals surface area contributed by atoms with Gasteiger partial charge in [-0.05, 0) is 12.8 Å². The first-order chi connectivity index (χ1) is 32.0. The average Bonchev–Trinajstić information content (AvgIpc) is 3.28. The van der Waals surface area contributed by atoms with Crippen molar-refractivity contribution in [2.24, 2.45) is 0 Å². The molecular formula is C57H118N2O6P+. The van der Waals surface area contributed by atoms with Crippen LogP contribution < -0.4 is 5.32 Å². The number of rotatable bonds is 55. The van der Waals surface area contributed by atoms with Crippen LogP contribution in [-0.2, 0) is 18.4 Å². The molecule has 0 radical (unpaired) electrons. The van der Waals surface area contributed by atoms with Crippen LogP contribution in [0.5, 0.6) is 0 Å². The van der Waals surface area contributed by atoms with Crippen LogP contribution in [0.25, 0.3) is 0 Å². The smallest absolute Gasteiger partial charge is 0.391 e. The van der Waals surface area contributed by atoms with E-state index in [9.17, 15) is 19.4 Å². The van der Waals surface area contributed by atoms with Crippen molar-refractivity contribution >= 4 is 13.7 Å². The molecule has 0 aromatic carbocycles. The maximum absolute atomic E-state index is 13.0. The van der Waals surface area contributed by atoms with Crippen molar-refractivity contribution in [2.75, 3.05) is 40.9 Å². The second kappa shape index (κ2) is 49.5. The predicted molar refractivity (Wildman–Crippen MR) is 286 cm³/mol. The maximum atomic E-state index is 13.0. The molecule has 3 N–H and O–H groups in total. The van der Waals surface area contributed by atoms with Crippen LogP contribution in [0, 0.1) is 0 Å². The fourth-order valence-electron chi connectivity index (χ4n) is 9.23. The van der Waals surface area contributed by atoms with Crippen molar-refractivity contribution in [3.05, 3.63) is 0 Å². The van der Waals surface area contributed by atoms with Crippen molar-refractivity contribution in [3.63, 3.8) is 0 Å². The number of hydrogen-bond acceptors (Lipinski definition) is 5. The molecule has 0 aliphatic carbocycles. The number of nitrogens with one attached hydrogen (secondary N) is 1. The van der Waals surface area contributed by atoms with Gasteiger partial charge in [0.1, 0.15) is 13.2 Å². The summed E-state index contributed by atoms with van der Waals surface area (Å²) in [5.41, 5.74) is 0. The van der Waals surface area contributed by atoms with E-state index >= 15 is 0 Å². The van der Waals surface area contributed by atoms with Crippen LogP contribution in [0.1, 0.15) is 309 Å². The second-order valence-corrected chi connectivity index (χ2v) is 23.2. The van der Waals surface area contributed by atoms with Crippen molar-refractivity contribution < 1.29 is 32.9 Å². The third-order valence-corrected chi connectivity index (χ3v) is 14.8. The Morgan fingerprint density at radius 2 is 0.727 bits per heavy atom. The molecule has 3 unspecified atom stereocenters. The van der Waals surface area contributed by atoms with E-state index in [1.807, 2.05) is 21.1 Å². The Morgan fingerprint density at radius 3 is 1.02 bits per heavy atom. The molecule has 0 aromatic heterocycles. The highest BCUT2D eigenvalue weighted by molar-refractivity contribution is 7.47. The van der Waals surface area contributed by atoms with Crippen LogP contribution in [0.4, 0.5) is 0 Å². The van der Waals surface area contributed by atoms with Crippen LogP contribution in [0.15, 0.2) is 0 Å². The molecule has 66 heavy (non-hydrogen) atoms. The highest BCUT2D eigenvalue weighted by Gasteiger charge is 2.28. The number of aliphatic hydroxyl groups excluding tert-OH is 1. The monoisotopic (exact) mass is 958 g/mol. The average molecular weight is 959 g/mol. The molecule has 0 spiro atoms. The Kier molecular flexibility index (Phi) is 49.1. The van der Waals surface area contributed by atoms with Crippen LogP contribution >= 0.6 is 7.82 Å². The van der Waals surface area contributed by atoms with Gasteiger partial charge in [0.15, 0.2) is 0 Å². The van der Waals surface area contributed by atoms with Crippen molar-refractivity contribution in [1.82, 2.24) is 5.32 Å². The van der Waals surface area contributed by atoms with Gasteiger partial charge >= 0.3 is 7.82 Å². The zero-order valence-corrected chi connectivity index (χ0v) is 46.1. The normalized spacial score (nSPS) is 13.9. The molecule has 0 aromatic rings. The van der Waals surface area contributed by atoms with Crippen LogP contribution in [-0.4, -0.2) is 73.4 Å². The summed E-state index contributed by atoms with van der Waals surface area (Å²) in [6.07, 6.45) is 58.8. The number of phosphoric acid groups is 1. The molecule has 0 aliphatic rings. The van der Waals surface area contributed by atoms with Gasteiger partial charge in [-0.1, -0.05) is 290 Å². The maximum Gasteiger partial charge on any atom is 0.472 e. The minimum atomic E-state index is -4.32. The number of aliphatic hydroxyl groups is 1. The summed E-state index contributed by atoms with van der Waals surface area (Å²) in [5, 5.41) is 14.1. The minimum Gasteiger partial charge on any atom is -0.391 e. The van der Waals surface area contributed by atoms with Crippen molar-refractivity contribution in [1.29, 1.82) is 0 Å². The lowest BCUT2D eigenvalue weighted by molar-refractivity contribution is -0.870. The van der Waals surface area contributed by atoms with Crippen molar-refractivity contribution in [3.8, 4) is 0 Å². The van der Waals surface area contributed by atoms with Gasteiger partial charge in [0.25, 0.3) is 0 Å². The Hall–Kier alpha value is -0.500. The number of amides is 1. The fourth-order valence-corrected chi connectivity index (χ4v) is 9.96. The lowest BCUT2D eigenvalue weighted by atomic mass is 10.0. The van der Waals surface area contributed by atoms with Gasteiger partial charge in [-0.3, -0.25) is 13.8 Å². The molecule has 1 amide bonds. The molecule has 0 saturated carbocycles. The van der Waals surface area contributed by atoms with E-state index in [2.05, 4.69) is 19.2 Å². The van der Waals surface area contributed by atoms with E-state index < -0.39 is 20.0 Å². The fraction of sp³-hybridized carbons (Fsp3) is 0.982. The second-order valence-electron chi connectivity index (χ2n) is 21.7. The zero-order valence-electron chi connectivity index (χ0n) is 45.2. The molecule has 0 aliphatic heterocycles. The summed E-state index contributed by atoms with van der Waals surface area (Å²) in [6, 6.07) is -0.755. The van der Waals surface area contributed by atoms with E-state index in [4.69, 9.17) is 9.05 Å². The molecule has 0 bridgehead atoms. The quantitative estimate of drug-likeness (QED) is 0.0319. The Labute approximate surface area is 412 Å². The molecule has 0 fully saturated rings. The van der Waals surface area contributed by atoms with Gasteiger partial charge < -0.3 is 19.8 Å². The molecule has 9 heteroatoms. The number of carbonyl (C=O) groups is 1. The lowest BCUT2D eigenvalue weighted by Gasteiger charge is -2.26. The first-order valence-corrected chi connectivity index (χ1v) is 30.9.